The van der Waals surface area contributed by atoms with Gasteiger partial charge in [0.1, 0.15) is 6.04 Å². The number of hydrogen-bond donors (Lipinski definition) is 3. The van der Waals surface area contributed by atoms with Crippen LogP contribution in [0.5, 0.6) is 0 Å². The second kappa shape index (κ2) is 4.55. The molecule has 2 saturated carbocycles. The summed E-state index contributed by atoms with van der Waals surface area (Å²) in [6, 6.07) is -1.14. The minimum absolute atomic E-state index is 0.349. The molecule has 0 bridgehead atoms. The molecule has 0 aliphatic heterocycles. The summed E-state index contributed by atoms with van der Waals surface area (Å²) in [6.45, 7) is 2.44. The number of carbonyl (C=O) groups is 2. The van der Waals surface area contributed by atoms with E-state index in [0.29, 0.717) is 18.4 Å². The van der Waals surface area contributed by atoms with Gasteiger partial charge in [-0.1, -0.05) is 6.92 Å². The summed E-state index contributed by atoms with van der Waals surface area (Å²) < 4.78 is 0. The van der Waals surface area contributed by atoms with Gasteiger partial charge in [0, 0.05) is 6.54 Å². The number of nitrogens with one attached hydrogen (secondary N) is 2. The highest BCUT2D eigenvalue weighted by atomic mass is 16.4. The summed E-state index contributed by atoms with van der Waals surface area (Å²) >= 11 is 0. The van der Waals surface area contributed by atoms with Crippen molar-refractivity contribution in [2.24, 2.45) is 11.3 Å². The van der Waals surface area contributed by atoms with Crippen molar-refractivity contribution in [3.8, 4) is 0 Å². The third-order valence-corrected chi connectivity index (χ3v) is 3.95. The highest BCUT2D eigenvalue weighted by Gasteiger charge is 2.53. The van der Waals surface area contributed by atoms with E-state index < -0.39 is 12.0 Å². The number of hydrogen-bond acceptors (Lipinski definition) is 2. The van der Waals surface area contributed by atoms with Gasteiger partial charge in [-0.05, 0) is 43.4 Å². The molecule has 0 aromatic heterocycles. The van der Waals surface area contributed by atoms with Crippen LogP contribution in [0.25, 0.3) is 0 Å². The average Bonchev–Trinajstić information content (AvgIpc) is 3.15. The third kappa shape index (κ3) is 2.90. The molecule has 2 aliphatic rings. The molecule has 0 aromatic rings. The number of carbonyl (C=O) groups excluding carboxylic acids is 1. The van der Waals surface area contributed by atoms with Crippen LogP contribution in [0.15, 0.2) is 0 Å². The van der Waals surface area contributed by atoms with Crippen molar-refractivity contribution >= 4 is 12.0 Å². The summed E-state index contributed by atoms with van der Waals surface area (Å²) in [6.07, 6.45) is 5.38. The van der Waals surface area contributed by atoms with Gasteiger partial charge in [0.05, 0.1) is 0 Å². The highest BCUT2D eigenvalue weighted by Crippen LogP contribution is 2.60. The van der Waals surface area contributed by atoms with Crippen molar-refractivity contribution in [2.45, 2.75) is 45.1 Å². The zero-order valence-electron chi connectivity index (χ0n) is 10.2. The van der Waals surface area contributed by atoms with E-state index in [0.717, 1.165) is 5.92 Å². The Labute approximate surface area is 101 Å². The zero-order valence-corrected chi connectivity index (χ0v) is 10.2. The normalized spacial score (nSPS) is 22.6. The van der Waals surface area contributed by atoms with Gasteiger partial charge in [-0.2, -0.15) is 0 Å². The maximum absolute atomic E-state index is 11.5. The minimum atomic E-state index is -0.981. The van der Waals surface area contributed by atoms with Crippen LogP contribution in [0.3, 0.4) is 0 Å². The number of aliphatic carboxylic acids is 1. The standard InChI is InChI=1S/C12H20N2O3/c1-2-9(10(15)16)14-11(17)13-7-12(5-6-12)8-3-4-8/h8-9H,2-7H2,1H3,(H,15,16)(H2,13,14,17)/t9-/m1/s1. The monoisotopic (exact) mass is 240 g/mol. The lowest BCUT2D eigenvalue weighted by molar-refractivity contribution is -0.139. The molecule has 0 heterocycles. The molecule has 0 spiro atoms. The van der Waals surface area contributed by atoms with Crippen LogP contribution < -0.4 is 10.6 Å². The Balaban J connectivity index is 1.72. The molecule has 96 valence electrons. The van der Waals surface area contributed by atoms with Gasteiger partial charge in [0.25, 0.3) is 0 Å². The predicted octanol–water partition coefficient (Wildman–Crippen LogP) is 1.34. The molecular formula is C12H20N2O3. The van der Waals surface area contributed by atoms with Crippen LogP contribution in [0.1, 0.15) is 39.0 Å². The number of carboxylic acids is 1. The summed E-state index contributed by atoms with van der Waals surface area (Å²) in [5, 5.41) is 14.1. The molecule has 5 heteroatoms. The maximum atomic E-state index is 11.5. The van der Waals surface area contributed by atoms with Crippen molar-refractivity contribution in [3.05, 3.63) is 0 Å². The van der Waals surface area contributed by atoms with Crippen molar-refractivity contribution < 1.29 is 14.7 Å². The van der Waals surface area contributed by atoms with Crippen molar-refractivity contribution in [3.63, 3.8) is 0 Å². The van der Waals surface area contributed by atoms with Gasteiger partial charge in [0.15, 0.2) is 0 Å². The minimum Gasteiger partial charge on any atom is -0.480 e. The Kier molecular flexibility index (Phi) is 3.26. The molecule has 0 saturated heterocycles. The summed E-state index contributed by atoms with van der Waals surface area (Å²) in [7, 11) is 0. The van der Waals surface area contributed by atoms with E-state index in [9.17, 15) is 9.59 Å². The first kappa shape index (κ1) is 12.2. The van der Waals surface area contributed by atoms with Crippen LogP contribution in [-0.2, 0) is 4.79 Å². The van der Waals surface area contributed by atoms with E-state index >= 15 is 0 Å². The fourth-order valence-electron chi connectivity index (χ4n) is 2.39. The number of urea groups is 1. The first-order chi connectivity index (χ1) is 8.07. The van der Waals surface area contributed by atoms with Crippen molar-refractivity contribution in [1.29, 1.82) is 0 Å². The number of amides is 2. The van der Waals surface area contributed by atoms with Crippen LogP contribution >= 0.6 is 0 Å². The van der Waals surface area contributed by atoms with E-state index in [-0.39, 0.29) is 6.03 Å². The topological polar surface area (TPSA) is 78.4 Å². The fraction of sp³-hybridized carbons (Fsp3) is 0.833. The third-order valence-electron chi connectivity index (χ3n) is 3.95. The molecule has 2 rings (SSSR count). The van der Waals surface area contributed by atoms with Crippen LogP contribution in [-0.4, -0.2) is 29.7 Å². The van der Waals surface area contributed by atoms with E-state index in [1.54, 1.807) is 6.92 Å². The lowest BCUT2D eigenvalue weighted by atomic mass is 10.0. The quantitative estimate of drug-likeness (QED) is 0.655. The molecule has 0 unspecified atom stereocenters. The summed E-state index contributed by atoms with van der Waals surface area (Å²) in [5.74, 6) is -0.185. The smallest absolute Gasteiger partial charge is 0.326 e. The summed E-state index contributed by atoms with van der Waals surface area (Å²) in [4.78, 5) is 22.3. The van der Waals surface area contributed by atoms with Gasteiger partial charge >= 0.3 is 12.0 Å². The van der Waals surface area contributed by atoms with Gasteiger partial charge in [-0.25, -0.2) is 9.59 Å². The Morgan fingerprint density at radius 1 is 1.41 bits per heavy atom. The van der Waals surface area contributed by atoms with E-state index in [1.165, 1.54) is 25.7 Å². The first-order valence-corrected chi connectivity index (χ1v) is 6.34. The molecule has 2 aliphatic carbocycles. The van der Waals surface area contributed by atoms with Crippen LogP contribution in [0, 0.1) is 11.3 Å². The summed E-state index contributed by atoms with van der Waals surface area (Å²) in [5.41, 5.74) is 0.349. The molecule has 1 atom stereocenters. The first-order valence-electron chi connectivity index (χ1n) is 6.34. The van der Waals surface area contributed by atoms with E-state index in [4.69, 9.17) is 5.11 Å². The number of carboxylic acid groups (broad SMARTS) is 1. The Hall–Kier alpha value is -1.26. The van der Waals surface area contributed by atoms with E-state index in [1.807, 2.05) is 0 Å². The SMILES string of the molecule is CC[C@@H](NC(=O)NCC1(C2CC2)CC1)C(=O)O. The predicted molar refractivity (Wildman–Crippen MR) is 62.6 cm³/mol. The van der Waals surface area contributed by atoms with Gasteiger partial charge in [0.2, 0.25) is 0 Å². The Bertz CT molecular complexity index is 322. The number of rotatable bonds is 6. The van der Waals surface area contributed by atoms with Crippen molar-refractivity contribution in [2.75, 3.05) is 6.54 Å². The average molecular weight is 240 g/mol. The second-order valence-corrected chi connectivity index (χ2v) is 5.26. The lowest BCUT2D eigenvalue weighted by Gasteiger charge is -2.17. The van der Waals surface area contributed by atoms with Crippen LogP contribution in [0.4, 0.5) is 4.79 Å². The molecule has 0 aromatic carbocycles. The molecule has 3 N–H and O–H groups in total. The van der Waals surface area contributed by atoms with Gasteiger partial charge in [-0.15, -0.1) is 0 Å². The largest absolute Gasteiger partial charge is 0.480 e. The molecule has 5 nitrogen and oxygen atoms in total. The maximum Gasteiger partial charge on any atom is 0.326 e. The van der Waals surface area contributed by atoms with Crippen molar-refractivity contribution in [1.82, 2.24) is 10.6 Å². The van der Waals surface area contributed by atoms with Gasteiger partial charge < -0.3 is 15.7 Å². The lowest BCUT2D eigenvalue weighted by Crippen LogP contribution is -2.47. The molecular weight excluding hydrogens is 220 g/mol. The molecule has 2 fully saturated rings. The highest BCUT2D eigenvalue weighted by molar-refractivity contribution is 5.82. The Morgan fingerprint density at radius 3 is 2.47 bits per heavy atom. The van der Waals surface area contributed by atoms with E-state index in [2.05, 4.69) is 10.6 Å². The van der Waals surface area contributed by atoms with Gasteiger partial charge in [-0.3, -0.25) is 0 Å². The second-order valence-electron chi connectivity index (χ2n) is 5.26. The fourth-order valence-corrected chi connectivity index (χ4v) is 2.39. The van der Waals surface area contributed by atoms with Crippen LogP contribution in [0.2, 0.25) is 0 Å². The molecule has 17 heavy (non-hydrogen) atoms. The Morgan fingerprint density at radius 2 is 2.06 bits per heavy atom. The zero-order chi connectivity index (χ0) is 12.5. The molecule has 2 amide bonds. The molecule has 0 radical (unpaired) electrons.